The van der Waals surface area contributed by atoms with Crippen molar-refractivity contribution in [3.8, 4) is 0 Å². The molecule has 12 heavy (non-hydrogen) atoms. The van der Waals surface area contributed by atoms with Crippen LogP contribution in [0.15, 0.2) is 30.3 Å². The van der Waals surface area contributed by atoms with Gasteiger partial charge in [-0.2, -0.15) is 0 Å². The molecular formula is C9H11NO2. The molecule has 1 aromatic carbocycles. The summed E-state index contributed by atoms with van der Waals surface area (Å²) in [7, 11) is 1.72. The van der Waals surface area contributed by atoms with Gasteiger partial charge in [0.15, 0.2) is 0 Å². The number of hydrogen-bond donors (Lipinski definition) is 1. The van der Waals surface area contributed by atoms with E-state index in [9.17, 15) is 4.79 Å². The molecule has 1 aromatic rings. The van der Waals surface area contributed by atoms with E-state index in [-0.39, 0.29) is 12.7 Å². The summed E-state index contributed by atoms with van der Waals surface area (Å²) in [6.07, 6.45) is 0. The summed E-state index contributed by atoms with van der Waals surface area (Å²) in [6, 6.07) is 8.90. The first-order valence-electron chi connectivity index (χ1n) is 3.71. The third-order valence-corrected chi connectivity index (χ3v) is 1.36. The van der Waals surface area contributed by atoms with Crippen molar-refractivity contribution in [2.75, 3.05) is 13.8 Å². The molecule has 0 aliphatic rings. The molecule has 0 bridgehead atoms. The minimum atomic E-state index is -0.301. The lowest BCUT2D eigenvalue weighted by atomic mass is 10.2. The molecule has 0 radical (unpaired) electrons. The maximum absolute atomic E-state index is 11.1. The largest absolute Gasteiger partial charge is 0.446 e. The second-order valence-electron chi connectivity index (χ2n) is 2.30. The van der Waals surface area contributed by atoms with Crippen molar-refractivity contribution in [1.29, 1.82) is 0 Å². The molecule has 64 valence electrons. The normalized spacial score (nSPS) is 9.42. The van der Waals surface area contributed by atoms with Gasteiger partial charge in [-0.3, -0.25) is 5.32 Å². The van der Waals surface area contributed by atoms with Crippen molar-refractivity contribution in [1.82, 2.24) is 5.32 Å². The molecule has 1 rings (SSSR count). The van der Waals surface area contributed by atoms with Crippen LogP contribution >= 0.6 is 0 Å². The summed E-state index contributed by atoms with van der Waals surface area (Å²) in [4.78, 5) is 11.1. The van der Waals surface area contributed by atoms with Crippen LogP contribution in [0.2, 0.25) is 0 Å². The third kappa shape index (κ3) is 2.36. The van der Waals surface area contributed by atoms with E-state index in [1.54, 1.807) is 31.3 Å². The third-order valence-electron chi connectivity index (χ3n) is 1.36. The Morgan fingerprint density at radius 3 is 2.67 bits per heavy atom. The van der Waals surface area contributed by atoms with E-state index in [0.717, 1.165) is 0 Å². The van der Waals surface area contributed by atoms with Crippen LogP contribution in [-0.4, -0.2) is 19.7 Å². The van der Waals surface area contributed by atoms with Crippen LogP contribution in [-0.2, 0) is 4.74 Å². The Kier molecular flexibility index (Phi) is 3.29. The van der Waals surface area contributed by atoms with E-state index in [1.807, 2.05) is 6.07 Å². The standard InChI is InChI=1S/C9H11NO2/c1-10-7-12-9(11)8-5-3-2-4-6-8/h2-6,10H,7H2,1H3. The minimum Gasteiger partial charge on any atom is -0.446 e. The van der Waals surface area contributed by atoms with Crippen molar-refractivity contribution < 1.29 is 9.53 Å². The van der Waals surface area contributed by atoms with Crippen molar-refractivity contribution in [3.63, 3.8) is 0 Å². The Morgan fingerprint density at radius 1 is 1.42 bits per heavy atom. The van der Waals surface area contributed by atoms with Crippen LogP contribution in [0.3, 0.4) is 0 Å². The number of carbonyl (C=O) groups is 1. The van der Waals surface area contributed by atoms with E-state index in [1.165, 1.54) is 0 Å². The van der Waals surface area contributed by atoms with E-state index < -0.39 is 0 Å². The average molecular weight is 165 g/mol. The van der Waals surface area contributed by atoms with Gasteiger partial charge in [-0.15, -0.1) is 0 Å². The van der Waals surface area contributed by atoms with Crippen molar-refractivity contribution in [3.05, 3.63) is 35.9 Å². The van der Waals surface area contributed by atoms with Gasteiger partial charge in [0, 0.05) is 0 Å². The summed E-state index contributed by atoms with van der Waals surface area (Å²) in [5, 5.41) is 2.73. The zero-order chi connectivity index (χ0) is 8.81. The van der Waals surface area contributed by atoms with Crippen molar-refractivity contribution >= 4 is 5.97 Å². The molecule has 0 amide bonds. The molecule has 1 N–H and O–H groups in total. The number of carbonyl (C=O) groups excluding carboxylic acids is 1. The van der Waals surface area contributed by atoms with Crippen molar-refractivity contribution in [2.45, 2.75) is 0 Å². The van der Waals surface area contributed by atoms with E-state index in [0.29, 0.717) is 5.56 Å². The zero-order valence-electron chi connectivity index (χ0n) is 6.91. The average Bonchev–Trinajstić information content (AvgIpc) is 2.15. The molecule has 0 saturated carbocycles. The summed E-state index contributed by atoms with van der Waals surface area (Å²) < 4.78 is 4.83. The molecule has 0 heterocycles. The zero-order valence-corrected chi connectivity index (χ0v) is 6.91. The number of rotatable bonds is 3. The predicted octanol–water partition coefficient (Wildman–Crippen LogP) is 1.02. The topological polar surface area (TPSA) is 38.3 Å². The first-order valence-corrected chi connectivity index (χ1v) is 3.71. The quantitative estimate of drug-likeness (QED) is 0.536. The lowest BCUT2D eigenvalue weighted by molar-refractivity contribution is 0.0481. The summed E-state index contributed by atoms with van der Waals surface area (Å²) in [6.45, 7) is 0.244. The van der Waals surface area contributed by atoms with Gasteiger partial charge >= 0.3 is 5.97 Å². The van der Waals surface area contributed by atoms with Gasteiger partial charge in [-0.05, 0) is 19.2 Å². The lowest BCUT2D eigenvalue weighted by Crippen LogP contribution is -2.16. The van der Waals surface area contributed by atoms with Gasteiger partial charge < -0.3 is 4.74 Å². The second-order valence-corrected chi connectivity index (χ2v) is 2.30. The molecule has 0 aliphatic heterocycles. The molecule has 0 unspecified atom stereocenters. The number of esters is 1. The monoisotopic (exact) mass is 165 g/mol. The van der Waals surface area contributed by atoms with Crippen LogP contribution in [0.1, 0.15) is 10.4 Å². The maximum atomic E-state index is 11.1. The molecule has 0 aliphatic carbocycles. The fraction of sp³-hybridized carbons (Fsp3) is 0.222. The maximum Gasteiger partial charge on any atom is 0.339 e. The molecule has 3 nitrogen and oxygen atoms in total. The molecular weight excluding hydrogens is 154 g/mol. The highest BCUT2D eigenvalue weighted by atomic mass is 16.5. The Balaban J connectivity index is 2.54. The highest BCUT2D eigenvalue weighted by Gasteiger charge is 2.03. The van der Waals surface area contributed by atoms with Gasteiger partial charge in [0.2, 0.25) is 0 Å². The van der Waals surface area contributed by atoms with Gasteiger partial charge in [0.05, 0.1) is 5.56 Å². The Bertz CT molecular complexity index is 246. The summed E-state index contributed by atoms with van der Waals surface area (Å²) in [5.74, 6) is -0.301. The highest BCUT2D eigenvalue weighted by molar-refractivity contribution is 5.89. The molecule has 0 atom stereocenters. The predicted molar refractivity (Wildman–Crippen MR) is 45.8 cm³/mol. The number of ether oxygens (including phenoxy) is 1. The van der Waals surface area contributed by atoms with Crippen LogP contribution in [0, 0.1) is 0 Å². The second kappa shape index (κ2) is 4.51. The Hall–Kier alpha value is -1.35. The number of hydrogen-bond acceptors (Lipinski definition) is 3. The number of nitrogens with one attached hydrogen (secondary N) is 1. The fourth-order valence-corrected chi connectivity index (χ4v) is 0.795. The lowest BCUT2D eigenvalue weighted by Gasteiger charge is -2.02. The highest BCUT2D eigenvalue weighted by Crippen LogP contribution is 1.99. The van der Waals surface area contributed by atoms with Gasteiger partial charge in [-0.1, -0.05) is 18.2 Å². The van der Waals surface area contributed by atoms with Crippen LogP contribution in [0.25, 0.3) is 0 Å². The molecule has 0 fully saturated rings. The fourth-order valence-electron chi connectivity index (χ4n) is 0.795. The molecule has 0 spiro atoms. The van der Waals surface area contributed by atoms with Crippen LogP contribution in [0.5, 0.6) is 0 Å². The summed E-state index contributed by atoms with van der Waals surface area (Å²) >= 11 is 0. The smallest absolute Gasteiger partial charge is 0.339 e. The first-order chi connectivity index (χ1) is 5.84. The molecule has 0 aromatic heterocycles. The van der Waals surface area contributed by atoms with Crippen molar-refractivity contribution in [2.24, 2.45) is 0 Å². The molecule has 3 heteroatoms. The minimum absolute atomic E-state index is 0.244. The van der Waals surface area contributed by atoms with Crippen LogP contribution < -0.4 is 5.32 Å². The van der Waals surface area contributed by atoms with Gasteiger partial charge in [0.25, 0.3) is 0 Å². The number of benzene rings is 1. The van der Waals surface area contributed by atoms with E-state index in [4.69, 9.17) is 4.74 Å². The van der Waals surface area contributed by atoms with E-state index in [2.05, 4.69) is 5.32 Å². The van der Waals surface area contributed by atoms with Crippen LogP contribution in [0.4, 0.5) is 0 Å². The Labute approximate surface area is 71.4 Å². The molecule has 0 saturated heterocycles. The van der Waals surface area contributed by atoms with Gasteiger partial charge in [-0.25, -0.2) is 4.79 Å². The van der Waals surface area contributed by atoms with Gasteiger partial charge in [0.1, 0.15) is 6.73 Å². The Morgan fingerprint density at radius 2 is 2.08 bits per heavy atom. The first kappa shape index (κ1) is 8.74. The van der Waals surface area contributed by atoms with E-state index >= 15 is 0 Å². The summed E-state index contributed by atoms with van der Waals surface area (Å²) in [5.41, 5.74) is 0.577. The SMILES string of the molecule is CNCOC(=O)c1ccccc1.